The number of hydrogen-bond acceptors (Lipinski definition) is 5. The fourth-order valence-electron chi connectivity index (χ4n) is 3.06. The highest BCUT2D eigenvalue weighted by Gasteiger charge is 2.24. The first kappa shape index (κ1) is 17.8. The zero-order valence-corrected chi connectivity index (χ0v) is 17.5. The van der Waals surface area contributed by atoms with Crippen LogP contribution >= 0.6 is 39.0 Å². The van der Waals surface area contributed by atoms with Crippen molar-refractivity contribution in [2.45, 2.75) is 4.90 Å². The summed E-state index contributed by atoms with van der Waals surface area (Å²) in [6, 6.07) is 14.0. The van der Waals surface area contributed by atoms with Crippen molar-refractivity contribution < 1.29 is 4.79 Å². The fraction of sp³-hybridized carbons (Fsp3) is 0.263. The van der Waals surface area contributed by atoms with Crippen LogP contribution < -0.4 is 4.90 Å². The van der Waals surface area contributed by atoms with Gasteiger partial charge in [-0.15, -0.1) is 11.8 Å². The zero-order valence-electron chi connectivity index (χ0n) is 14.3. The van der Waals surface area contributed by atoms with Gasteiger partial charge in [-0.1, -0.05) is 33.3 Å². The second-order valence-corrected chi connectivity index (χ2v) is 8.92. The highest BCUT2D eigenvalue weighted by atomic mass is 79.9. The third-order valence-electron chi connectivity index (χ3n) is 4.49. The van der Waals surface area contributed by atoms with Crippen molar-refractivity contribution in [3.63, 3.8) is 0 Å². The monoisotopic (exact) mass is 447 g/mol. The Bertz CT molecular complexity index is 951. The Labute approximate surface area is 169 Å². The van der Waals surface area contributed by atoms with Crippen LogP contribution in [-0.4, -0.2) is 48.2 Å². The lowest BCUT2D eigenvalue weighted by Crippen LogP contribution is -2.48. The summed E-state index contributed by atoms with van der Waals surface area (Å²) >= 11 is 6.92. The van der Waals surface area contributed by atoms with Crippen LogP contribution in [0.2, 0.25) is 0 Å². The van der Waals surface area contributed by atoms with Gasteiger partial charge in [-0.25, -0.2) is 4.98 Å². The van der Waals surface area contributed by atoms with Crippen molar-refractivity contribution in [2.24, 2.45) is 0 Å². The number of anilines is 1. The maximum absolute atomic E-state index is 12.7. The Hall–Kier alpha value is -1.57. The molecule has 26 heavy (non-hydrogen) atoms. The minimum Gasteiger partial charge on any atom is -0.345 e. The summed E-state index contributed by atoms with van der Waals surface area (Å²) in [6.07, 6.45) is 2.09. The van der Waals surface area contributed by atoms with Gasteiger partial charge >= 0.3 is 0 Å². The van der Waals surface area contributed by atoms with E-state index in [9.17, 15) is 4.79 Å². The average molecular weight is 448 g/mol. The van der Waals surface area contributed by atoms with Gasteiger partial charge in [-0.05, 0) is 42.7 Å². The van der Waals surface area contributed by atoms with E-state index in [4.69, 9.17) is 4.98 Å². The van der Waals surface area contributed by atoms with Crippen LogP contribution in [0.1, 0.15) is 10.4 Å². The Morgan fingerprint density at radius 3 is 2.69 bits per heavy atom. The van der Waals surface area contributed by atoms with Crippen LogP contribution in [0.5, 0.6) is 0 Å². The molecule has 0 unspecified atom stereocenters. The Kier molecular flexibility index (Phi) is 5.20. The van der Waals surface area contributed by atoms with Crippen molar-refractivity contribution in [3.05, 3.63) is 52.5 Å². The molecule has 0 bridgehead atoms. The molecule has 4 nitrogen and oxygen atoms in total. The topological polar surface area (TPSA) is 36.4 Å². The molecule has 4 rings (SSSR count). The molecule has 1 amide bonds. The van der Waals surface area contributed by atoms with Crippen LogP contribution in [-0.2, 0) is 0 Å². The number of carbonyl (C=O) groups excluding carboxylic acids is 1. The number of benzene rings is 2. The van der Waals surface area contributed by atoms with E-state index in [1.165, 1.54) is 9.60 Å². The first-order valence-corrected chi connectivity index (χ1v) is 11.2. The molecule has 0 N–H and O–H groups in total. The van der Waals surface area contributed by atoms with Gasteiger partial charge in [0.1, 0.15) is 0 Å². The molecule has 0 radical (unpaired) electrons. The predicted molar refractivity (Wildman–Crippen MR) is 114 cm³/mol. The minimum absolute atomic E-state index is 0.0971. The van der Waals surface area contributed by atoms with Crippen molar-refractivity contribution in [1.29, 1.82) is 0 Å². The molecule has 1 aliphatic rings. The lowest BCUT2D eigenvalue weighted by Gasteiger charge is -2.34. The number of aromatic nitrogens is 1. The van der Waals surface area contributed by atoms with Gasteiger partial charge in [-0.2, -0.15) is 0 Å². The molecule has 0 aliphatic carbocycles. The summed E-state index contributed by atoms with van der Waals surface area (Å²) in [5.41, 5.74) is 1.79. The lowest BCUT2D eigenvalue weighted by molar-refractivity contribution is 0.0746. The number of nitrogens with zero attached hydrogens (tertiary/aromatic N) is 3. The largest absolute Gasteiger partial charge is 0.345 e. The zero-order chi connectivity index (χ0) is 18.1. The van der Waals surface area contributed by atoms with Gasteiger partial charge in [0.25, 0.3) is 5.91 Å². The first-order valence-electron chi connectivity index (χ1n) is 8.38. The molecule has 0 atom stereocenters. The molecule has 1 aliphatic heterocycles. The number of carbonyl (C=O) groups is 1. The Morgan fingerprint density at radius 2 is 1.96 bits per heavy atom. The number of thioether (sulfide) groups is 1. The van der Waals surface area contributed by atoms with Crippen molar-refractivity contribution in [1.82, 2.24) is 9.88 Å². The summed E-state index contributed by atoms with van der Waals surface area (Å²) in [7, 11) is 0. The maximum atomic E-state index is 12.7. The highest BCUT2D eigenvalue weighted by Crippen LogP contribution is 2.32. The van der Waals surface area contributed by atoms with Crippen molar-refractivity contribution in [3.8, 4) is 0 Å². The van der Waals surface area contributed by atoms with Gasteiger partial charge < -0.3 is 9.80 Å². The molecule has 2 heterocycles. The lowest BCUT2D eigenvalue weighted by atomic mass is 10.2. The molecule has 2 aromatic carbocycles. The van der Waals surface area contributed by atoms with E-state index in [1.54, 1.807) is 23.1 Å². The summed E-state index contributed by atoms with van der Waals surface area (Å²) in [5.74, 6) is 0.0971. The number of piperazine rings is 1. The molecule has 134 valence electrons. The number of fused-ring (bicyclic) bond motifs is 1. The quantitative estimate of drug-likeness (QED) is 0.543. The average Bonchev–Trinajstić information content (AvgIpc) is 3.10. The summed E-state index contributed by atoms with van der Waals surface area (Å²) in [4.78, 5) is 22.9. The Morgan fingerprint density at radius 1 is 1.15 bits per heavy atom. The summed E-state index contributed by atoms with van der Waals surface area (Å²) in [6.45, 7) is 3.07. The SMILES string of the molecule is CSc1ccc2nc(N3CCN(C(=O)c4cccc(Br)c4)CC3)sc2c1. The van der Waals surface area contributed by atoms with E-state index in [1.807, 2.05) is 29.2 Å². The van der Waals surface area contributed by atoms with E-state index in [-0.39, 0.29) is 5.91 Å². The minimum atomic E-state index is 0.0971. The third-order valence-corrected chi connectivity index (χ3v) is 6.79. The van der Waals surface area contributed by atoms with Gasteiger partial charge in [0.2, 0.25) is 0 Å². The molecule has 0 saturated carbocycles. The van der Waals surface area contributed by atoms with E-state index in [2.05, 4.69) is 45.3 Å². The van der Waals surface area contributed by atoms with Crippen LogP contribution in [0.3, 0.4) is 0 Å². The van der Waals surface area contributed by atoms with E-state index in [0.29, 0.717) is 0 Å². The number of thiazole rings is 1. The number of rotatable bonds is 3. The van der Waals surface area contributed by atoms with E-state index >= 15 is 0 Å². The van der Waals surface area contributed by atoms with Crippen LogP contribution in [0.25, 0.3) is 10.2 Å². The smallest absolute Gasteiger partial charge is 0.254 e. The number of halogens is 1. The van der Waals surface area contributed by atoms with Crippen molar-refractivity contribution in [2.75, 3.05) is 37.3 Å². The van der Waals surface area contributed by atoms with Crippen LogP contribution in [0.4, 0.5) is 5.13 Å². The number of hydrogen-bond donors (Lipinski definition) is 0. The molecule has 1 saturated heterocycles. The molecular weight excluding hydrogens is 430 g/mol. The summed E-state index contributed by atoms with van der Waals surface area (Å²) < 4.78 is 2.15. The molecule has 0 spiro atoms. The van der Waals surface area contributed by atoms with Crippen molar-refractivity contribution >= 4 is 60.3 Å². The summed E-state index contributed by atoms with van der Waals surface area (Å²) in [5, 5.41) is 1.05. The molecular formula is C19H18BrN3OS2. The maximum Gasteiger partial charge on any atom is 0.254 e. The Balaban J connectivity index is 1.45. The predicted octanol–water partition coefficient (Wildman–Crippen LogP) is 4.74. The first-order chi connectivity index (χ1) is 12.6. The molecule has 1 aromatic heterocycles. The van der Waals surface area contributed by atoms with Crippen LogP contribution in [0, 0.1) is 0 Å². The molecule has 1 fully saturated rings. The molecule has 7 heteroatoms. The number of amides is 1. The van der Waals surface area contributed by atoms with Gasteiger partial charge in [0, 0.05) is 41.1 Å². The van der Waals surface area contributed by atoms with Crippen LogP contribution in [0.15, 0.2) is 51.8 Å². The van der Waals surface area contributed by atoms with E-state index < -0.39 is 0 Å². The normalized spacial score (nSPS) is 14.8. The second-order valence-electron chi connectivity index (χ2n) is 6.12. The van der Waals surface area contributed by atoms with Gasteiger partial charge in [-0.3, -0.25) is 4.79 Å². The standard InChI is InChI=1S/C19H18BrN3OS2/c1-25-15-5-6-16-17(12-15)26-19(21-16)23-9-7-22(8-10-23)18(24)13-3-2-4-14(20)11-13/h2-6,11-12H,7-10H2,1H3. The van der Waals surface area contributed by atoms with Gasteiger partial charge in [0.15, 0.2) is 5.13 Å². The van der Waals surface area contributed by atoms with E-state index in [0.717, 1.165) is 46.9 Å². The molecule has 3 aromatic rings. The highest BCUT2D eigenvalue weighted by molar-refractivity contribution is 9.10. The van der Waals surface area contributed by atoms with Gasteiger partial charge in [0.05, 0.1) is 10.2 Å². The second kappa shape index (κ2) is 7.58. The third kappa shape index (κ3) is 3.61. The fourth-order valence-corrected chi connectivity index (χ4v) is 5.03.